The molecule has 2 saturated heterocycles. The fraction of sp³-hybridized carbons (Fsp3) is 0.571. The number of aliphatic carboxylic acids is 2. The first-order valence-corrected chi connectivity index (χ1v) is 11.9. The van der Waals surface area contributed by atoms with Gasteiger partial charge in [0, 0.05) is 26.2 Å². The van der Waals surface area contributed by atoms with Gasteiger partial charge in [0.15, 0.2) is 0 Å². The molecule has 0 aromatic heterocycles. The lowest BCUT2D eigenvalue weighted by atomic mass is 9.98. The predicted octanol–water partition coefficient (Wildman–Crippen LogP) is 1.95. The fourth-order valence-electron chi connectivity index (χ4n) is 3.77. The zero-order valence-electron chi connectivity index (χ0n) is 17.7. The average Bonchev–Trinajstić information content (AvgIpc) is 3.03. The Hall–Kier alpha value is -2.46. The van der Waals surface area contributed by atoms with Crippen molar-refractivity contribution in [3.8, 4) is 0 Å². The molecule has 0 spiro atoms. The molecule has 0 bridgehead atoms. The molecule has 2 aliphatic heterocycles. The molecule has 9 nitrogen and oxygen atoms in total. The van der Waals surface area contributed by atoms with Crippen LogP contribution in [0.1, 0.15) is 44.1 Å². The van der Waals surface area contributed by atoms with Gasteiger partial charge >= 0.3 is 11.9 Å². The van der Waals surface area contributed by atoms with Crippen molar-refractivity contribution in [2.24, 2.45) is 5.92 Å². The molecule has 1 amide bonds. The number of carboxylic acid groups (broad SMARTS) is 2. The monoisotopic (exact) mass is 454 g/mol. The summed E-state index contributed by atoms with van der Waals surface area (Å²) >= 11 is 0. The van der Waals surface area contributed by atoms with E-state index in [4.69, 9.17) is 19.8 Å². The van der Waals surface area contributed by atoms with Gasteiger partial charge < -0.3 is 15.1 Å². The van der Waals surface area contributed by atoms with Gasteiger partial charge in [-0.25, -0.2) is 18.0 Å². The molecule has 10 heteroatoms. The minimum Gasteiger partial charge on any atom is -0.473 e. The summed E-state index contributed by atoms with van der Waals surface area (Å²) in [5.74, 6) is -3.71. The van der Waals surface area contributed by atoms with Crippen LogP contribution in [0.15, 0.2) is 29.2 Å². The maximum absolute atomic E-state index is 12.9. The number of rotatable bonds is 3. The molecule has 1 aromatic carbocycles. The van der Waals surface area contributed by atoms with E-state index in [1.54, 1.807) is 12.1 Å². The number of likely N-dealkylation sites (tertiary alicyclic amines) is 1. The summed E-state index contributed by atoms with van der Waals surface area (Å²) in [6.07, 6.45) is 6.02. The first-order valence-electron chi connectivity index (χ1n) is 10.4. The van der Waals surface area contributed by atoms with Crippen molar-refractivity contribution in [2.45, 2.75) is 50.3 Å². The second-order valence-corrected chi connectivity index (χ2v) is 9.80. The van der Waals surface area contributed by atoms with Crippen LogP contribution in [0.2, 0.25) is 0 Å². The molecule has 0 radical (unpaired) electrons. The first-order chi connectivity index (χ1) is 14.6. The predicted molar refractivity (Wildman–Crippen MR) is 113 cm³/mol. The van der Waals surface area contributed by atoms with Crippen LogP contribution in [-0.2, 0) is 24.4 Å². The summed E-state index contributed by atoms with van der Waals surface area (Å²) in [4.78, 5) is 33.3. The van der Waals surface area contributed by atoms with E-state index in [0.29, 0.717) is 18.0 Å². The normalized spacial score (nSPS) is 20.2. The highest BCUT2D eigenvalue weighted by molar-refractivity contribution is 7.89. The van der Waals surface area contributed by atoms with E-state index in [9.17, 15) is 13.2 Å². The minimum atomic E-state index is -3.52. The highest BCUT2D eigenvalue weighted by atomic mass is 32.2. The zero-order valence-corrected chi connectivity index (χ0v) is 18.5. The number of sulfonamides is 1. The number of piperidine rings is 1. The largest absolute Gasteiger partial charge is 0.473 e. The van der Waals surface area contributed by atoms with Crippen molar-refractivity contribution < 1.29 is 33.0 Å². The van der Waals surface area contributed by atoms with Crippen molar-refractivity contribution in [2.75, 3.05) is 26.2 Å². The lowest BCUT2D eigenvalue weighted by Gasteiger charge is -2.34. The molecule has 2 heterocycles. The number of benzene rings is 1. The van der Waals surface area contributed by atoms with Crippen molar-refractivity contribution in [3.63, 3.8) is 0 Å². The Labute approximate surface area is 182 Å². The van der Waals surface area contributed by atoms with E-state index >= 15 is 0 Å². The van der Waals surface area contributed by atoms with E-state index in [-0.39, 0.29) is 11.8 Å². The Balaban J connectivity index is 0.000000501. The number of hydrogen-bond acceptors (Lipinski definition) is 5. The number of amides is 1. The quantitative estimate of drug-likeness (QED) is 0.667. The molecular weight excluding hydrogens is 424 g/mol. The van der Waals surface area contributed by atoms with E-state index in [1.807, 2.05) is 24.0 Å². The van der Waals surface area contributed by atoms with Gasteiger partial charge in [-0.1, -0.05) is 30.5 Å². The van der Waals surface area contributed by atoms with Crippen molar-refractivity contribution in [3.05, 3.63) is 29.8 Å². The minimum absolute atomic E-state index is 0.144. The molecule has 1 aromatic rings. The highest BCUT2D eigenvalue weighted by Gasteiger charge is 2.35. The Morgan fingerprint density at radius 3 is 1.94 bits per heavy atom. The van der Waals surface area contributed by atoms with E-state index in [0.717, 1.165) is 44.3 Å². The van der Waals surface area contributed by atoms with Gasteiger partial charge in [0.2, 0.25) is 15.9 Å². The SMILES string of the molecule is Cc1ccc(S(=O)(=O)N2CCCC(C(=O)N3CCCCCC3)C2)cc1.O=C(O)C(=O)O. The summed E-state index contributed by atoms with van der Waals surface area (Å²) in [5.41, 5.74) is 1.03. The maximum atomic E-state index is 12.9. The van der Waals surface area contributed by atoms with Gasteiger partial charge in [0.05, 0.1) is 10.8 Å². The number of aryl methyl sites for hydroxylation is 1. The van der Waals surface area contributed by atoms with Crippen LogP contribution in [0.5, 0.6) is 0 Å². The third kappa shape index (κ3) is 7.03. The van der Waals surface area contributed by atoms with Gasteiger partial charge in [-0.05, 0) is 44.7 Å². The highest BCUT2D eigenvalue weighted by Crippen LogP contribution is 2.26. The molecule has 3 rings (SSSR count). The topological polar surface area (TPSA) is 132 Å². The van der Waals surface area contributed by atoms with E-state index in [2.05, 4.69) is 0 Å². The molecule has 2 aliphatic rings. The smallest absolute Gasteiger partial charge is 0.414 e. The van der Waals surface area contributed by atoms with Gasteiger partial charge in [-0.2, -0.15) is 4.31 Å². The van der Waals surface area contributed by atoms with Crippen LogP contribution in [-0.4, -0.2) is 71.9 Å². The standard InChI is InChI=1S/C19H28N2O3S.C2H2O4/c1-16-8-10-18(11-9-16)25(23,24)21-14-6-7-17(15-21)19(22)20-12-4-2-3-5-13-20;3-1(4)2(5)6/h8-11,17H,2-7,12-15H2,1H3;(H,3,4)(H,5,6). The summed E-state index contributed by atoms with van der Waals surface area (Å²) < 4.78 is 27.3. The van der Waals surface area contributed by atoms with E-state index in [1.165, 1.54) is 17.1 Å². The van der Waals surface area contributed by atoms with Crippen LogP contribution in [0.25, 0.3) is 0 Å². The molecule has 2 N–H and O–H groups in total. The Morgan fingerprint density at radius 2 is 1.42 bits per heavy atom. The van der Waals surface area contributed by atoms with Crippen LogP contribution in [0.4, 0.5) is 0 Å². The van der Waals surface area contributed by atoms with Crippen LogP contribution in [0, 0.1) is 12.8 Å². The van der Waals surface area contributed by atoms with Crippen molar-refractivity contribution in [1.82, 2.24) is 9.21 Å². The summed E-state index contributed by atoms with van der Waals surface area (Å²) in [5, 5.41) is 14.8. The Morgan fingerprint density at radius 1 is 0.871 bits per heavy atom. The fourth-order valence-corrected chi connectivity index (χ4v) is 5.29. The Bertz CT molecular complexity index is 863. The molecule has 31 heavy (non-hydrogen) atoms. The lowest BCUT2D eigenvalue weighted by Crippen LogP contribution is -2.46. The summed E-state index contributed by atoms with van der Waals surface area (Å²) in [6, 6.07) is 6.95. The maximum Gasteiger partial charge on any atom is 0.414 e. The third-order valence-electron chi connectivity index (χ3n) is 5.49. The van der Waals surface area contributed by atoms with Crippen molar-refractivity contribution in [1.29, 1.82) is 0 Å². The van der Waals surface area contributed by atoms with Gasteiger partial charge in [0.1, 0.15) is 0 Å². The van der Waals surface area contributed by atoms with Crippen LogP contribution >= 0.6 is 0 Å². The summed E-state index contributed by atoms with van der Waals surface area (Å²) in [7, 11) is -3.52. The molecule has 2 fully saturated rings. The molecule has 0 saturated carbocycles. The number of carboxylic acids is 2. The lowest BCUT2D eigenvalue weighted by molar-refractivity contribution is -0.159. The second kappa shape index (κ2) is 11.2. The summed E-state index contributed by atoms with van der Waals surface area (Å²) in [6.45, 7) is 4.39. The second-order valence-electron chi connectivity index (χ2n) is 7.87. The first kappa shape index (κ1) is 24.8. The number of hydrogen-bond donors (Lipinski definition) is 2. The van der Waals surface area contributed by atoms with E-state index < -0.39 is 22.0 Å². The van der Waals surface area contributed by atoms with Crippen LogP contribution < -0.4 is 0 Å². The van der Waals surface area contributed by atoms with Gasteiger partial charge in [0.25, 0.3) is 0 Å². The van der Waals surface area contributed by atoms with Gasteiger partial charge in [-0.3, -0.25) is 4.79 Å². The van der Waals surface area contributed by atoms with Gasteiger partial charge in [-0.15, -0.1) is 0 Å². The van der Waals surface area contributed by atoms with Crippen LogP contribution in [0.3, 0.4) is 0 Å². The number of carbonyl (C=O) groups excluding carboxylic acids is 1. The zero-order chi connectivity index (χ0) is 23.0. The molecule has 172 valence electrons. The number of carbonyl (C=O) groups is 3. The average molecular weight is 455 g/mol. The molecular formula is C21H30N2O7S. The molecule has 1 unspecified atom stereocenters. The molecule has 1 atom stereocenters. The third-order valence-corrected chi connectivity index (χ3v) is 7.37. The molecule has 0 aliphatic carbocycles. The number of nitrogens with zero attached hydrogens (tertiary/aromatic N) is 2. The van der Waals surface area contributed by atoms with Crippen molar-refractivity contribution >= 4 is 27.9 Å². The Kier molecular flexibility index (Phi) is 9.00.